The van der Waals surface area contributed by atoms with Gasteiger partial charge in [0.2, 0.25) is 5.91 Å². The van der Waals surface area contributed by atoms with Crippen LogP contribution in [0, 0.1) is 23.7 Å². The van der Waals surface area contributed by atoms with Gasteiger partial charge in [0.25, 0.3) is 0 Å². The minimum atomic E-state index is -1.10. The van der Waals surface area contributed by atoms with Gasteiger partial charge in [-0.25, -0.2) is 4.79 Å². The van der Waals surface area contributed by atoms with Gasteiger partial charge in [0.05, 0.1) is 12.2 Å². The van der Waals surface area contributed by atoms with Gasteiger partial charge in [0.15, 0.2) is 0 Å². The third-order valence-electron chi connectivity index (χ3n) is 8.77. The normalized spacial score (nSPS) is 25.8. The lowest BCUT2D eigenvalue weighted by atomic mass is 9.87. The van der Waals surface area contributed by atoms with Gasteiger partial charge in [-0.15, -0.1) is 0 Å². The van der Waals surface area contributed by atoms with E-state index >= 15 is 0 Å². The van der Waals surface area contributed by atoms with E-state index in [2.05, 4.69) is 12.2 Å². The Balaban J connectivity index is 1.40. The summed E-state index contributed by atoms with van der Waals surface area (Å²) >= 11 is 0. The van der Waals surface area contributed by atoms with Crippen molar-refractivity contribution in [3.8, 4) is 0 Å². The molecule has 1 aromatic carbocycles. The summed E-state index contributed by atoms with van der Waals surface area (Å²) in [5.74, 6) is -1.93. The van der Waals surface area contributed by atoms with Crippen LogP contribution in [0.1, 0.15) is 89.5 Å². The first-order valence-corrected chi connectivity index (χ1v) is 15.3. The monoisotopic (exact) mass is 569 g/mol. The maximum atomic E-state index is 12.7. The Bertz CT molecular complexity index is 1040. The molecule has 8 heteroatoms. The molecule has 2 fully saturated rings. The fourth-order valence-corrected chi connectivity index (χ4v) is 6.34. The van der Waals surface area contributed by atoms with Gasteiger partial charge in [-0.2, -0.15) is 0 Å². The summed E-state index contributed by atoms with van der Waals surface area (Å²) < 4.78 is 0. The average molecular weight is 570 g/mol. The average Bonchev–Trinajstić information content (AvgIpc) is 3.52. The first-order chi connectivity index (χ1) is 19.7. The molecule has 0 saturated heterocycles. The molecule has 0 bridgehead atoms. The SMILES string of the molecule is CCCC[C@H]1CC[C@H]([C@@H](O)C=C[C@H]2[C@H](O)CC(=O)[C@@H]2CC(=O)CCCCC(=O)N[C@@H](Cc2ccccc2)C(=O)O)C1. The zero-order valence-electron chi connectivity index (χ0n) is 24.2. The molecule has 7 atom stereocenters. The quantitative estimate of drug-likeness (QED) is 0.161. The third-order valence-corrected chi connectivity index (χ3v) is 8.77. The number of aliphatic hydroxyl groups excluding tert-OH is 2. The van der Waals surface area contributed by atoms with E-state index in [1.807, 2.05) is 30.3 Å². The number of carboxylic acids is 1. The molecule has 226 valence electrons. The van der Waals surface area contributed by atoms with Crippen molar-refractivity contribution in [2.24, 2.45) is 23.7 Å². The molecule has 0 spiro atoms. The first kappa shape index (κ1) is 32.7. The number of carboxylic acid groups (broad SMARTS) is 1. The van der Waals surface area contributed by atoms with Crippen LogP contribution in [0.15, 0.2) is 42.5 Å². The van der Waals surface area contributed by atoms with Crippen LogP contribution in [-0.4, -0.2) is 57.0 Å². The minimum Gasteiger partial charge on any atom is -0.480 e. The zero-order chi connectivity index (χ0) is 29.8. The number of rotatable bonds is 17. The summed E-state index contributed by atoms with van der Waals surface area (Å²) in [5, 5.41) is 33.2. The highest BCUT2D eigenvalue weighted by atomic mass is 16.4. The number of unbranched alkanes of at least 4 members (excludes halogenated alkanes) is 2. The Kier molecular flexibility index (Phi) is 13.2. The van der Waals surface area contributed by atoms with E-state index in [1.165, 1.54) is 19.3 Å². The number of hydrogen-bond donors (Lipinski definition) is 4. The fraction of sp³-hybridized carbons (Fsp3) is 0.636. The molecule has 4 N–H and O–H groups in total. The Morgan fingerprint density at radius 3 is 2.51 bits per heavy atom. The van der Waals surface area contributed by atoms with Gasteiger partial charge < -0.3 is 20.6 Å². The van der Waals surface area contributed by atoms with E-state index in [-0.39, 0.29) is 55.5 Å². The van der Waals surface area contributed by atoms with Crippen LogP contribution >= 0.6 is 0 Å². The molecule has 1 aromatic rings. The molecule has 0 aliphatic heterocycles. The number of ketones is 2. The standard InChI is InChI=1S/C33H47NO7/c1-2-3-9-23-14-15-24(18-23)29(36)17-16-26-27(31(38)21-30(26)37)20-25(35)12-7-8-13-32(39)34-28(33(40)41)19-22-10-5-4-6-11-22/h4-6,10-11,16-17,23-24,26-30,36-37H,2-3,7-9,12-15,18-21H2,1H3,(H,34,39)(H,40,41)/t23-,24-,26+,27+,28-,29-,30+/m0/s1. The fourth-order valence-electron chi connectivity index (χ4n) is 6.34. The van der Waals surface area contributed by atoms with E-state index in [9.17, 15) is 34.5 Å². The van der Waals surface area contributed by atoms with E-state index in [4.69, 9.17) is 0 Å². The van der Waals surface area contributed by atoms with Crippen LogP contribution in [0.25, 0.3) is 0 Å². The van der Waals surface area contributed by atoms with Crippen molar-refractivity contribution >= 4 is 23.4 Å². The van der Waals surface area contributed by atoms with Gasteiger partial charge in [-0.05, 0) is 43.1 Å². The van der Waals surface area contributed by atoms with Crippen molar-refractivity contribution in [3.05, 3.63) is 48.0 Å². The van der Waals surface area contributed by atoms with Crippen molar-refractivity contribution in [2.75, 3.05) is 0 Å². The van der Waals surface area contributed by atoms with E-state index < -0.39 is 36.1 Å². The van der Waals surface area contributed by atoms with Gasteiger partial charge in [0, 0.05) is 43.9 Å². The Morgan fingerprint density at radius 2 is 1.80 bits per heavy atom. The summed E-state index contributed by atoms with van der Waals surface area (Å²) in [4.78, 5) is 49.2. The first-order valence-electron chi connectivity index (χ1n) is 15.3. The summed E-state index contributed by atoms with van der Waals surface area (Å²) in [7, 11) is 0. The molecule has 0 unspecified atom stereocenters. The molecule has 3 rings (SSSR count). The molecule has 0 aromatic heterocycles. The predicted octanol–water partition coefficient (Wildman–Crippen LogP) is 4.41. The van der Waals surface area contributed by atoms with Crippen molar-refractivity contribution in [3.63, 3.8) is 0 Å². The summed E-state index contributed by atoms with van der Waals surface area (Å²) in [6.45, 7) is 2.19. The van der Waals surface area contributed by atoms with Crippen LogP contribution in [0.2, 0.25) is 0 Å². The summed E-state index contributed by atoms with van der Waals surface area (Å²) in [6.07, 6.45) is 10.1. The number of aliphatic carboxylic acids is 1. The highest BCUT2D eigenvalue weighted by molar-refractivity contribution is 5.90. The highest BCUT2D eigenvalue weighted by Crippen LogP contribution is 2.38. The van der Waals surface area contributed by atoms with Gasteiger partial charge in [-0.1, -0.05) is 75.1 Å². The van der Waals surface area contributed by atoms with Crippen molar-refractivity contribution in [1.82, 2.24) is 5.32 Å². The highest BCUT2D eigenvalue weighted by Gasteiger charge is 2.41. The molecule has 0 heterocycles. The molecule has 1 amide bonds. The van der Waals surface area contributed by atoms with Gasteiger partial charge in [0.1, 0.15) is 17.6 Å². The number of amides is 1. The number of carbonyl (C=O) groups is 4. The molecule has 0 radical (unpaired) electrons. The molecule has 2 aliphatic rings. The number of benzene rings is 1. The number of nitrogens with one attached hydrogen (secondary N) is 1. The topological polar surface area (TPSA) is 141 Å². The lowest BCUT2D eigenvalue weighted by molar-refractivity contribution is -0.141. The Labute approximate surface area is 243 Å². The van der Waals surface area contributed by atoms with E-state index in [0.717, 1.165) is 24.8 Å². The minimum absolute atomic E-state index is 0.0134. The lowest BCUT2D eigenvalue weighted by Crippen LogP contribution is -2.42. The second kappa shape index (κ2) is 16.6. The number of hydrogen-bond acceptors (Lipinski definition) is 6. The molecule has 41 heavy (non-hydrogen) atoms. The zero-order valence-corrected chi connectivity index (χ0v) is 24.2. The molecule has 2 aliphatic carbocycles. The van der Waals surface area contributed by atoms with Crippen LogP contribution in [0.4, 0.5) is 0 Å². The Hall–Kier alpha value is -2.84. The van der Waals surface area contributed by atoms with Gasteiger partial charge >= 0.3 is 5.97 Å². The van der Waals surface area contributed by atoms with Crippen molar-refractivity contribution < 1.29 is 34.5 Å². The number of Topliss-reactive ketones (excluding diaryl/α,β-unsaturated/α-hetero) is 2. The third kappa shape index (κ3) is 10.5. The number of aliphatic hydroxyl groups is 2. The maximum Gasteiger partial charge on any atom is 0.326 e. The van der Waals surface area contributed by atoms with Crippen LogP contribution < -0.4 is 5.32 Å². The van der Waals surface area contributed by atoms with E-state index in [1.54, 1.807) is 12.2 Å². The maximum absolute atomic E-state index is 12.7. The molecular weight excluding hydrogens is 522 g/mol. The number of carbonyl (C=O) groups excluding carboxylic acids is 3. The molecule has 2 saturated carbocycles. The van der Waals surface area contributed by atoms with Crippen LogP contribution in [-0.2, 0) is 25.6 Å². The Morgan fingerprint density at radius 1 is 1.07 bits per heavy atom. The van der Waals surface area contributed by atoms with Crippen LogP contribution in [0.3, 0.4) is 0 Å². The summed E-state index contributed by atoms with van der Waals surface area (Å²) in [6, 6.07) is 8.06. The largest absolute Gasteiger partial charge is 0.480 e. The van der Waals surface area contributed by atoms with Gasteiger partial charge in [-0.3, -0.25) is 14.4 Å². The predicted molar refractivity (Wildman–Crippen MR) is 156 cm³/mol. The molecular formula is C33H47NO7. The smallest absolute Gasteiger partial charge is 0.326 e. The van der Waals surface area contributed by atoms with Crippen molar-refractivity contribution in [1.29, 1.82) is 0 Å². The lowest BCUT2D eigenvalue weighted by Gasteiger charge is -2.19. The summed E-state index contributed by atoms with van der Waals surface area (Å²) in [5.41, 5.74) is 0.814. The van der Waals surface area contributed by atoms with Crippen LogP contribution in [0.5, 0.6) is 0 Å². The van der Waals surface area contributed by atoms with Crippen molar-refractivity contribution in [2.45, 2.75) is 109 Å². The van der Waals surface area contributed by atoms with E-state index in [0.29, 0.717) is 18.8 Å². The molecule has 8 nitrogen and oxygen atoms in total. The second-order valence-electron chi connectivity index (χ2n) is 12.0. The second-order valence-corrected chi connectivity index (χ2v) is 12.0.